The summed E-state index contributed by atoms with van der Waals surface area (Å²) in [6.07, 6.45) is 0. The van der Waals surface area contributed by atoms with E-state index in [1.807, 2.05) is 0 Å². The number of aliphatic hydroxyl groups excluding tert-OH is 1. The van der Waals surface area contributed by atoms with Gasteiger partial charge in [0.1, 0.15) is 5.75 Å². The fourth-order valence-corrected chi connectivity index (χ4v) is 1.87. The van der Waals surface area contributed by atoms with Crippen molar-refractivity contribution in [3.63, 3.8) is 0 Å². The van der Waals surface area contributed by atoms with Crippen LogP contribution in [0.2, 0.25) is 0 Å². The first kappa shape index (κ1) is 14.0. The van der Waals surface area contributed by atoms with E-state index in [0.29, 0.717) is 12.5 Å². The van der Waals surface area contributed by atoms with Crippen LogP contribution in [0.25, 0.3) is 0 Å². The van der Waals surface area contributed by atoms with E-state index in [9.17, 15) is 0 Å². The molecule has 17 heavy (non-hydrogen) atoms. The molecule has 0 saturated heterocycles. The van der Waals surface area contributed by atoms with Crippen LogP contribution in [-0.4, -0.2) is 25.4 Å². The van der Waals surface area contributed by atoms with E-state index in [0.717, 1.165) is 12.3 Å². The fraction of sp³-hybridized carbons (Fsp3) is 0.571. The van der Waals surface area contributed by atoms with Crippen molar-refractivity contribution in [3.05, 3.63) is 28.8 Å². The van der Waals surface area contributed by atoms with Gasteiger partial charge in [0.2, 0.25) is 0 Å². The highest BCUT2D eigenvalue weighted by Gasteiger charge is 2.10. The van der Waals surface area contributed by atoms with Crippen LogP contribution in [0.5, 0.6) is 5.75 Å². The third-order valence-corrected chi connectivity index (χ3v) is 2.91. The molecule has 0 heterocycles. The highest BCUT2D eigenvalue weighted by molar-refractivity contribution is 5.43. The number of hydrogen-bond acceptors (Lipinski definition) is 3. The van der Waals surface area contributed by atoms with Crippen molar-refractivity contribution < 1.29 is 9.84 Å². The van der Waals surface area contributed by atoms with Crippen molar-refractivity contribution >= 4 is 0 Å². The molecule has 0 radical (unpaired) electrons. The van der Waals surface area contributed by atoms with Gasteiger partial charge in [0.15, 0.2) is 0 Å². The van der Waals surface area contributed by atoms with Gasteiger partial charge < -0.3 is 15.2 Å². The Labute approximate surface area is 104 Å². The van der Waals surface area contributed by atoms with Crippen LogP contribution in [0.3, 0.4) is 0 Å². The minimum absolute atomic E-state index is 0.173. The van der Waals surface area contributed by atoms with Crippen LogP contribution >= 0.6 is 0 Å². The summed E-state index contributed by atoms with van der Waals surface area (Å²) in [6.45, 7) is 8.00. The van der Waals surface area contributed by atoms with Gasteiger partial charge in [-0.3, -0.25) is 0 Å². The highest BCUT2D eigenvalue weighted by Crippen LogP contribution is 2.29. The average Bonchev–Trinajstić information content (AvgIpc) is 2.30. The molecule has 0 aromatic heterocycles. The molecular formula is C14H23NO2. The molecule has 0 aliphatic heterocycles. The number of nitrogens with one attached hydrogen (secondary N) is 1. The second-order valence-electron chi connectivity index (χ2n) is 4.58. The standard InChI is InChI=1S/C14H23NO2/c1-10(2)13-8-12(9-15-5-6-16)11(3)7-14(13)17-4/h7-8,10,15-16H,5-6,9H2,1-4H3. The van der Waals surface area contributed by atoms with E-state index in [1.54, 1.807) is 7.11 Å². The molecule has 96 valence electrons. The molecule has 3 nitrogen and oxygen atoms in total. The second-order valence-corrected chi connectivity index (χ2v) is 4.58. The minimum atomic E-state index is 0.173. The maximum atomic E-state index is 8.76. The Kier molecular flexibility index (Phi) is 5.45. The number of aliphatic hydroxyl groups is 1. The van der Waals surface area contributed by atoms with Gasteiger partial charge in [0, 0.05) is 13.1 Å². The first-order valence-electron chi connectivity index (χ1n) is 6.09. The Morgan fingerprint density at radius 1 is 1.35 bits per heavy atom. The number of aryl methyl sites for hydroxylation is 1. The summed E-state index contributed by atoms with van der Waals surface area (Å²) in [5, 5.41) is 12.0. The molecule has 0 atom stereocenters. The Morgan fingerprint density at radius 3 is 2.59 bits per heavy atom. The highest BCUT2D eigenvalue weighted by atomic mass is 16.5. The van der Waals surface area contributed by atoms with Crippen molar-refractivity contribution in [1.82, 2.24) is 5.32 Å². The van der Waals surface area contributed by atoms with Crippen LogP contribution in [0.1, 0.15) is 36.5 Å². The maximum absolute atomic E-state index is 8.76. The molecule has 0 unspecified atom stereocenters. The average molecular weight is 237 g/mol. The number of rotatable bonds is 6. The lowest BCUT2D eigenvalue weighted by Crippen LogP contribution is -2.18. The maximum Gasteiger partial charge on any atom is 0.122 e. The van der Waals surface area contributed by atoms with Gasteiger partial charge in [0.25, 0.3) is 0 Å². The molecule has 1 aromatic rings. The molecule has 0 fully saturated rings. The van der Waals surface area contributed by atoms with E-state index < -0.39 is 0 Å². The van der Waals surface area contributed by atoms with Gasteiger partial charge in [-0.1, -0.05) is 19.9 Å². The monoisotopic (exact) mass is 237 g/mol. The van der Waals surface area contributed by atoms with Crippen molar-refractivity contribution in [2.45, 2.75) is 33.2 Å². The molecule has 0 aliphatic rings. The van der Waals surface area contributed by atoms with Crippen LogP contribution in [0.4, 0.5) is 0 Å². The first-order chi connectivity index (χ1) is 8.10. The third-order valence-electron chi connectivity index (χ3n) is 2.91. The summed E-state index contributed by atoms with van der Waals surface area (Å²) in [5.74, 6) is 1.41. The lowest BCUT2D eigenvalue weighted by molar-refractivity contribution is 0.292. The van der Waals surface area contributed by atoms with Gasteiger partial charge in [-0.25, -0.2) is 0 Å². The van der Waals surface area contributed by atoms with E-state index in [4.69, 9.17) is 9.84 Å². The van der Waals surface area contributed by atoms with Crippen LogP contribution in [0.15, 0.2) is 12.1 Å². The molecule has 0 spiro atoms. The zero-order chi connectivity index (χ0) is 12.8. The number of hydrogen-bond donors (Lipinski definition) is 2. The van der Waals surface area contributed by atoms with Crippen molar-refractivity contribution in [1.29, 1.82) is 0 Å². The second kappa shape index (κ2) is 6.62. The number of methoxy groups -OCH3 is 1. The predicted molar refractivity (Wildman–Crippen MR) is 70.6 cm³/mol. The van der Waals surface area contributed by atoms with Gasteiger partial charge >= 0.3 is 0 Å². The summed E-state index contributed by atoms with van der Waals surface area (Å²) in [4.78, 5) is 0. The topological polar surface area (TPSA) is 41.5 Å². The normalized spacial score (nSPS) is 10.9. The van der Waals surface area contributed by atoms with Crippen LogP contribution in [-0.2, 0) is 6.54 Å². The van der Waals surface area contributed by atoms with Crippen molar-refractivity contribution in [2.24, 2.45) is 0 Å². The molecule has 0 aliphatic carbocycles. The van der Waals surface area contributed by atoms with Crippen LogP contribution < -0.4 is 10.1 Å². The molecule has 2 N–H and O–H groups in total. The zero-order valence-corrected chi connectivity index (χ0v) is 11.2. The lowest BCUT2D eigenvalue weighted by atomic mass is 9.96. The van der Waals surface area contributed by atoms with Crippen molar-refractivity contribution in [2.75, 3.05) is 20.3 Å². The van der Waals surface area contributed by atoms with Gasteiger partial charge in [-0.15, -0.1) is 0 Å². The molecule has 0 amide bonds. The molecule has 0 saturated carbocycles. The van der Waals surface area contributed by atoms with Gasteiger partial charge in [0.05, 0.1) is 13.7 Å². The van der Waals surface area contributed by atoms with E-state index in [-0.39, 0.29) is 6.61 Å². The largest absolute Gasteiger partial charge is 0.496 e. The van der Waals surface area contributed by atoms with E-state index in [2.05, 4.69) is 38.2 Å². The Morgan fingerprint density at radius 2 is 2.06 bits per heavy atom. The number of benzene rings is 1. The van der Waals surface area contributed by atoms with E-state index >= 15 is 0 Å². The lowest BCUT2D eigenvalue weighted by Gasteiger charge is -2.16. The SMILES string of the molecule is COc1cc(C)c(CNCCO)cc1C(C)C. The number of ether oxygens (including phenoxy) is 1. The van der Waals surface area contributed by atoms with Gasteiger partial charge in [-0.05, 0) is 35.6 Å². The third kappa shape index (κ3) is 3.72. The summed E-state index contributed by atoms with van der Waals surface area (Å²) >= 11 is 0. The molecule has 3 heteroatoms. The Bertz CT molecular complexity index is 361. The van der Waals surface area contributed by atoms with Gasteiger partial charge in [-0.2, -0.15) is 0 Å². The first-order valence-corrected chi connectivity index (χ1v) is 6.09. The molecule has 0 bridgehead atoms. The minimum Gasteiger partial charge on any atom is -0.496 e. The van der Waals surface area contributed by atoms with E-state index in [1.165, 1.54) is 16.7 Å². The molecule has 1 rings (SSSR count). The predicted octanol–water partition coefficient (Wildman–Crippen LogP) is 2.21. The zero-order valence-electron chi connectivity index (χ0n) is 11.2. The fourth-order valence-electron chi connectivity index (χ4n) is 1.87. The summed E-state index contributed by atoms with van der Waals surface area (Å²) in [7, 11) is 1.71. The quantitative estimate of drug-likeness (QED) is 0.745. The molecule has 1 aromatic carbocycles. The Hall–Kier alpha value is -1.06. The smallest absolute Gasteiger partial charge is 0.122 e. The Balaban J connectivity index is 2.94. The summed E-state index contributed by atoms with van der Waals surface area (Å²) in [5.41, 5.74) is 3.72. The molecular weight excluding hydrogens is 214 g/mol. The summed E-state index contributed by atoms with van der Waals surface area (Å²) in [6, 6.07) is 4.29. The van der Waals surface area contributed by atoms with Crippen LogP contribution in [0, 0.1) is 6.92 Å². The van der Waals surface area contributed by atoms with Crippen molar-refractivity contribution in [3.8, 4) is 5.75 Å². The summed E-state index contributed by atoms with van der Waals surface area (Å²) < 4.78 is 5.41.